The van der Waals surface area contributed by atoms with Crippen molar-refractivity contribution in [3.63, 3.8) is 0 Å². The standard InChI is InChI=1S/C17H26O/c1-12-6-7-14-15(10-12)17(4,5)13(8-9-18)11-16(14,2)3/h6-7,10,13,18H,8-9,11H2,1-5H3. The van der Waals surface area contributed by atoms with Gasteiger partial charge in [-0.2, -0.15) is 0 Å². The molecule has 1 unspecified atom stereocenters. The van der Waals surface area contributed by atoms with Crippen LogP contribution in [0.5, 0.6) is 0 Å². The number of hydrogen-bond donors (Lipinski definition) is 1. The molecule has 0 heterocycles. The van der Waals surface area contributed by atoms with Crippen LogP contribution in [0.1, 0.15) is 57.2 Å². The van der Waals surface area contributed by atoms with Crippen molar-refractivity contribution < 1.29 is 5.11 Å². The van der Waals surface area contributed by atoms with Crippen LogP contribution in [0.2, 0.25) is 0 Å². The molecule has 0 saturated carbocycles. The molecule has 0 amide bonds. The first kappa shape index (κ1) is 13.6. The van der Waals surface area contributed by atoms with E-state index in [2.05, 4.69) is 52.8 Å². The van der Waals surface area contributed by atoms with Crippen molar-refractivity contribution in [1.29, 1.82) is 0 Å². The number of rotatable bonds is 2. The molecule has 1 N–H and O–H groups in total. The highest BCUT2D eigenvalue weighted by molar-refractivity contribution is 5.44. The second-order valence-corrected chi connectivity index (χ2v) is 7.07. The van der Waals surface area contributed by atoms with Gasteiger partial charge in [0.15, 0.2) is 0 Å². The topological polar surface area (TPSA) is 20.2 Å². The van der Waals surface area contributed by atoms with E-state index in [0.717, 1.165) is 12.8 Å². The lowest BCUT2D eigenvalue weighted by Crippen LogP contribution is -2.42. The summed E-state index contributed by atoms with van der Waals surface area (Å²) in [4.78, 5) is 0. The normalized spacial score (nSPS) is 24.7. The Hall–Kier alpha value is -0.820. The van der Waals surface area contributed by atoms with Crippen molar-refractivity contribution in [3.05, 3.63) is 34.9 Å². The maximum absolute atomic E-state index is 9.32. The molecule has 1 aromatic carbocycles. The van der Waals surface area contributed by atoms with E-state index in [0.29, 0.717) is 12.5 Å². The Balaban J connectivity index is 2.57. The van der Waals surface area contributed by atoms with E-state index in [9.17, 15) is 5.11 Å². The average Bonchev–Trinajstić information content (AvgIpc) is 2.26. The van der Waals surface area contributed by atoms with Gasteiger partial charge in [-0.1, -0.05) is 51.5 Å². The Morgan fingerprint density at radius 3 is 2.44 bits per heavy atom. The van der Waals surface area contributed by atoms with E-state index in [1.807, 2.05) is 0 Å². The van der Waals surface area contributed by atoms with Crippen LogP contribution in [0.15, 0.2) is 18.2 Å². The fourth-order valence-corrected chi connectivity index (χ4v) is 3.60. The summed E-state index contributed by atoms with van der Waals surface area (Å²) in [6.45, 7) is 11.8. The number of benzene rings is 1. The number of aliphatic hydroxyl groups is 1. The molecule has 1 nitrogen and oxygen atoms in total. The molecule has 1 aliphatic carbocycles. The number of aliphatic hydroxyl groups excluding tert-OH is 1. The predicted molar refractivity (Wildman–Crippen MR) is 77.0 cm³/mol. The van der Waals surface area contributed by atoms with Crippen LogP contribution in [0.3, 0.4) is 0 Å². The van der Waals surface area contributed by atoms with Crippen molar-refractivity contribution in [2.75, 3.05) is 6.61 Å². The van der Waals surface area contributed by atoms with Crippen molar-refractivity contribution in [2.24, 2.45) is 5.92 Å². The monoisotopic (exact) mass is 246 g/mol. The maximum Gasteiger partial charge on any atom is 0.0433 e. The van der Waals surface area contributed by atoms with Gasteiger partial charge in [0, 0.05) is 6.61 Å². The highest BCUT2D eigenvalue weighted by atomic mass is 16.3. The summed E-state index contributed by atoms with van der Waals surface area (Å²) >= 11 is 0. The van der Waals surface area contributed by atoms with Gasteiger partial charge in [0.05, 0.1) is 0 Å². The van der Waals surface area contributed by atoms with Gasteiger partial charge in [-0.3, -0.25) is 0 Å². The number of hydrogen-bond acceptors (Lipinski definition) is 1. The van der Waals surface area contributed by atoms with Crippen LogP contribution in [-0.2, 0) is 10.8 Å². The molecule has 0 radical (unpaired) electrons. The minimum Gasteiger partial charge on any atom is -0.396 e. The Morgan fingerprint density at radius 2 is 1.83 bits per heavy atom. The highest BCUT2D eigenvalue weighted by Crippen LogP contribution is 2.50. The Morgan fingerprint density at radius 1 is 1.17 bits per heavy atom. The van der Waals surface area contributed by atoms with Gasteiger partial charge in [0.1, 0.15) is 0 Å². The second-order valence-electron chi connectivity index (χ2n) is 7.07. The van der Waals surface area contributed by atoms with Crippen molar-refractivity contribution >= 4 is 0 Å². The van der Waals surface area contributed by atoms with E-state index in [1.54, 1.807) is 0 Å². The van der Waals surface area contributed by atoms with Gasteiger partial charge >= 0.3 is 0 Å². The molecule has 0 bridgehead atoms. The highest BCUT2D eigenvalue weighted by Gasteiger charge is 2.43. The lowest BCUT2D eigenvalue weighted by atomic mass is 9.57. The lowest BCUT2D eigenvalue weighted by Gasteiger charge is -2.48. The predicted octanol–water partition coefficient (Wildman–Crippen LogP) is 3.95. The minimum absolute atomic E-state index is 0.166. The summed E-state index contributed by atoms with van der Waals surface area (Å²) in [6, 6.07) is 6.88. The Labute approximate surface area is 111 Å². The van der Waals surface area contributed by atoms with E-state index >= 15 is 0 Å². The molecular weight excluding hydrogens is 220 g/mol. The van der Waals surface area contributed by atoms with Gasteiger partial charge in [0.25, 0.3) is 0 Å². The third-order valence-electron chi connectivity index (χ3n) is 4.85. The molecule has 1 atom stereocenters. The summed E-state index contributed by atoms with van der Waals surface area (Å²) in [6.07, 6.45) is 2.07. The van der Waals surface area contributed by atoms with Crippen LogP contribution in [0.25, 0.3) is 0 Å². The molecule has 2 rings (SSSR count). The molecule has 100 valence electrons. The van der Waals surface area contributed by atoms with Crippen molar-refractivity contribution in [2.45, 2.75) is 58.3 Å². The molecule has 0 spiro atoms. The van der Waals surface area contributed by atoms with E-state index in [4.69, 9.17) is 0 Å². The quantitative estimate of drug-likeness (QED) is 0.837. The zero-order valence-electron chi connectivity index (χ0n) is 12.4. The molecule has 0 aliphatic heterocycles. The molecule has 18 heavy (non-hydrogen) atoms. The van der Waals surface area contributed by atoms with Crippen LogP contribution in [0.4, 0.5) is 0 Å². The van der Waals surface area contributed by atoms with Crippen LogP contribution >= 0.6 is 0 Å². The first-order chi connectivity index (χ1) is 8.29. The molecule has 0 saturated heterocycles. The lowest BCUT2D eigenvalue weighted by molar-refractivity contribution is 0.162. The molecule has 1 aliphatic rings. The first-order valence-electron chi connectivity index (χ1n) is 7.01. The zero-order chi connectivity index (χ0) is 13.6. The summed E-state index contributed by atoms with van der Waals surface area (Å²) in [5, 5.41) is 9.32. The second kappa shape index (κ2) is 4.38. The van der Waals surface area contributed by atoms with Gasteiger partial charge < -0.3 is 5.11 Å². The largest absolute Gasteiger partial charge is 0.396 e. The van der Waals surface area contributed by atoms with E-state index < -0.39 is 0 Å². The Kier molecular flexibility index (Phi) is 3.31. The number of aryl methyl sites for hydroxylation is 1. The molecule has 1 heteroatoms. The minimum atomic E-state index is 0.166. The fourth-order valence-electron chi connectivity index (χ4n) is 3.60. The third kappa shape index (κ3) is 2.09. The smallest absolute Gasteiger partial charge is 0.0433 e. The fraction of sp³-hybridized carbons (Fsp3) is 0.647. The Bertz CT molecular complexity index is 443. The first-order valence-corrected chi connectivity index (χ1v) is 7.01. The average molecular weight is 246 g/mol. The molecular formula is C17H26O. The SMILES string of the molecule is Cc1ccc2c(c1)C(C)(C)C(CCO)CC2(C)C. The zero-order valence-corrected chi connectivity index (χ0v) is 12.4. The molecule has 0 fully saturated rings. The van der Waals surface area contributed by atoms with Gasteiger partial charge in [-0.25, -0.2) is 0 Å². The maximum atomic E-state index is 9.32. The van der Waals surface area contributed by atoms with E-state index in [1.165, 1.54) is 16.7 Å². The van der Waals surface area contributed by atoms with Crippen molar-refractivity contribution in [1.82, 2.24) is 0 Å². The van der Waals surface area contributed by atoms with Crippen LogP contribution < -0.4 is 0 Å². The van der Waals surface area contributed by atoms with Gasteiger partial charge in [-0.05, 0) is 47.6 Å². The number of fused-ring (bicyclic) bond motifs is 1. The summed E-state index contributed by atoms with van der Waals surface area (Å²) in [5.41, 5.74) is 4.70. The van der Waals surface area contributed by atoms with Gasteiger partial charge in [0.2, 0.25) is 0 Å². The van der Waals surface area contributed by atoms with Crippen molar-refractivity contribution in [3.8, 4) is 0 Å². The summed E-state index contributed by atoms with van der Waals surface area (Å²) in [7, 11) is 0. The van der Waals surface area contributed by atoms with E-state index in [-0.39, 0.29) is 10.8 Å². The molecule has 1 aromatic rings. The van der Waals surface area contributed by atoms with Crippen LogP contribution in [-0.4, -0.2) is 11.7 Å². The van der Waals surface area contributed by atoms with Crippen LogP contribution in [0, 0.1) is 12.8 Å². The summed E-state index contributed by atoms with van der Waals surface area (Å²) < 4.78 is 0. The summed E-state index contributed by atoms with van der Waals surface area (Å²) in [5.74, 6) is 0.562. The molecule has 0 aromatic heterocycles. The van der Waals surface area contributed by atoms with Gasteiger partial charge in [-0.15, -0.1) is 0 Å². The third-order valence-corrected chi connectivity index (χ3v) is 4.85.